The second kappa shape index (κ2) is 5.06. The Bertz CT molecular complexity index is 671. The van der Waals surface area contributed by atoms with Gasteiger partial charge >= 0.3 is 5.97 Å². The minimum absolute atomic E-state index is 0.0997. The number of hydrogen-bond acceptors (Lipinski definition) is 5. The molecule has 0 bridgehead atoms. The molecule has 2 rings (SSSR count). The van der Waals surface area contributed by atoms with Crippen LogP contribution in [0.25, 0.3) is 17.1 Å². The zero-order chi connectivity index (χ0) is 13.0. The van der Waals surface area contributed by atoms with Gasteiger partial charge < -0.3 is 4.74 Å². The highest BCUT2D eigenvalue weighted by atomic mass is 16.5. The van der Waals surface area contributed by atoms with E-state index in [2.05, 4.69) is 14.7 Å². The summed E-state index contributed by atoms with van der Waals surface area (Å²) < 4.78 is 4.65. The van der Waals surface area contributed by atoms with Crippen molar-refractivity contribution in [1.82, 2.24) is 9.97 Å². The molecular formula is C13H9N3O2. The van der Waals surface area contributed by atoms with Crippen molar-refractivity contribution in [3.8, 4) is 6.07 Å². The number of allylic oxidation sites excluding steroid dienone is 1. The van der Waals surface area contributed by atoms with Crippen LogP contribution in [0.2, 0.25) is 0 Å². The molecule has 2 aromatic rings. The van der Waals surface area contributed by atoms with Crippen LogP contribution in [0.5, 0.6) is 0 Å². The van der Waals surface area contributed by atoms with Crippen molar-refractivity contribution in [3.63, 3.8) is 0 Å². The van der Waals surface area contributed by atoms with Gasteiger partial charge in [0.15, 0.2) is 5.69 Å². The van der Waals surface area contributed by atoms with Crippen molar-refractivity contribution in [2.45, 2.75) is 0 Å². The van der Waals surface area contributed by atoms with Gasteiger partial charge in [0, 0.05) is 6.08 Å². The highest BCUT2D eigenvalue weighted by Crippen LogP contribution is 2.14. The van der Waals surface area contributed by atoms with Gasteiger partial charge in [-0.2, -0.15) is 5.26 Å². The largest absolute Gasteiger partial charge is 0.464 e. The molecule has 0 saturated carbocycles. The number of ether oxygens (including phenoxy) is 1. The Balaban J connectivity index is 2.68. The fourth-order valence-electron chi connectivity index (χ4n) is 1.49. The number of esters is 1. The van der Waals surface area contributed by atoms with E-state index in [-0.39, 0.29) is 5.69 Å². The molecule has 5 heteroatoms. The lowest BCUT2D eigenvalue weighted by Gasteiger charge is -2.04. The third-order valence-corrected chi connectivity index (χ3v) is 2.29. The normalized spacial score (nSPS) is 10.4. The Morgan fingerprint density at radius 2 is 2.00 bits per heavy atom. The number of rotatable bonds is 2. The van der Waals surface area contributed by atoms with Gasteiger partial charge in [-0.15, -0.1) is 0 Å². The van der Waals surface area contributed by atoms with Gasteiger partial charge in [0.05, 0.1) is 29.9 Å². The van der Waals surface area contributed by atoms with Crippen LogP contribution in [0.1, 0.15) is 16.2 Å². The van der Waals surface area contributed by atoms with E-state index in [1.54, 1.807) is 12.1 Å². The fraction of sp³-hybridized carbons (Fsp3) is 0.0769. The molecule has 0 aliphatic carbocycles. The van der Waals surface area contributed by atoms with Gasteiger partial charge in [0.25, 0.3) is 0 Å². The number of carbonyl (C=O) groups is 1. The molecule has 0 aliphatic rings. The van der Waals surface area contributed by atoms with E-state index in [1.807, 2.05) is 18.2 Å². The van der Waals surface area contributed by atoms with Crippen LogP contribution in [0, 0.1) is 11.3 Å². The first-order chi connectivity index (χ1) is 8.76. The SMILES string of the molecule is COC(=O)c1nc2ccccc2nc1/C=C\C#N. The summed E-state index contributed by atoms with van der Waals surface area (Å²) in [5.74, 6) is -0.578. The van der Waals surface area contributed by atoms with Gasteiger partial charge in [-0.1, -0.05) is 12.1 Å². The van der Waals surface area contributed by atoms with Crippen LogP contribution < -0.4 is 0 Å². The molecule has 0 radical (unpaired) electrons. The summed E-state index contributed by atoms with van der Waals surface area (Å²) in [7, 11) is 1.27. The first-order valence-electron chi connectivity index (χ1n) is 5.17. The van der Waals surface area contributed by atoms with Crippen molar-refractivity contribution < 1.29 is 9.53 Å². The summed E-state index contributed by atoms with van der Waals surface area (Å²) in [6.45, 7) is 0. The molecule has 0 unspecified atom stereocenters. The van der Waals surface area contributed by atoms with E-state index in [0.29, 0.717) is 16.7 Å². The molecular weight excluding hydrogens is 230 g/mol. The first kappa shape index (κ1) is 11.7. The molecule has 1 aromatic carbocycles. The van der Waals surface area contributed by atoms with E-state index in [1.165, 1.54) is 19.3 Å². The lowest BCUT2D eigenvalue weighted by atomic mass is 10.2. The van der Waals surface area contributed by atoms with Crippen molar-refractivity contribution in [3.05, 3.63) is 41.7 Å². The Hall–Kier alpha value is -2.74. The van der Waals surface area contributed by atoms with E-state index in [4.69, 9.17) is 5.26 Å². The summed E-state index contributed by atoms with van der Waals surface area (Å²) in [6, 6.07) is 9.02. The smallest absolute Gasteiger partial charge is 0.358 e. The highest BCUT2D eigenvalue weighted by molar-refractivity contribution is 5.93. The van der Waals surface area contributed by atoms with Crippen LogP contribution in [-0.2, 0) is 4.74 Å². The lowest BCUT2D eigenvalue weighted by molar-refractivity contribution is 0.0593. The van der Waals surface area contributed by atoms with Gasteiger partial charge in [0.2, 0.25) is 0 Å². The number of carbonyl (C=O) groups excluding carboxylic acids is 1. The van der Waals surface area contributed by atoms with Crippen molar-refractivity contribution in [1.29, 1.82) is 5.26 Å². The molecule has 1 aromatic heterocycles. The van der Waals surface area contributed by atoms with Crippen LogP contribution in [0.3, 0.4) is 0 Å². The molecule has 0 amide bonds. The van der Waals surface area contributed by atoms with E-state index in [9.17, 15) is 4.79 Å². The molecule has 0 atom stereocenters. The number of aromatic nitrogens is 2. The number of nitriles is 1. The van der Waals surface area contributed by atoms with Gasteiger partial charge in [-0.05, 0) is 18.2 Å². The Morgan fingerprint density at radius 3 is 2.61 bits per heavy atom. The highest BCUT2D eigenvalue weighted by Gasteiger charge is 2.14. The Kier molecular flexibility index (Phi) is 3.30. The quantitative estimate of drug-likeness (QED) is 0.591. The Morgan fingerprint density at radius 1 is 1.33 bits per heavy atom. The second-order valence-corrected chi connectivity index (χ2v) is 3.40. The third kappa shape index (κ3) is 2.18. The Labute approximate surface area is 103 Å². The minimum Gasteiger partial charge on any atom is -0.464 e. The van der Waals surface area contributed by atoms with Crippen molar-refractivity contribution in [2.24, 2.45) is 0 Å². The molecule has 1 heterocycles. The molecule has 0 fully saturated rings. The maximum atomic E-state index is 11.6. The molecule has 18 heavy (non-hydrogen) atoms. The molecule has 0 N–H and O–H groups in total. The third-order valence-electron chi connectivity index (χ3n) is 2.29. The average Bonchev–Trinajstić information content (AvgIpc) is 2.43. The number of benzene rings is 1. The lowest BCUT2D eigenvalue weighted by Crippen LogP contribution is -2.08. The monoisotopic (exact) mass is 239 g/mol. The minimum atomic E-state index is -0.578. The molecule has 5 nitrogen and oxygen atoms in total. The van der Waals surface area contributed by atoms with Crippen LogP contribution in [0.4, 0.5) is 0 Å². The topological polar surface area (TPSA) is 75.9 Å². The van der Waals surface area contributed by atoms with E-state index in [0.717, 1.165) is 0 Å². The van der Waals surface area contributed by atoms with Gasteiger partial charge in [-0.25, -0.2) is 14.8 Å². The van der Waals surface area contributed by atoms with Crippen molar-refractivity contribution >= 4 is 23.1 Å². The van der Waals surface area contributed by atoms with E-state index < -0.39 is 5.97 Å². The summed E-state index contributed by atoms with van der Waals surface area (Å²) >= 11 is 0. The standard InChI is InChI=1S/C13H9N3O2/c1-18-13(17)12-11(7-4-8-14)15-9-5-2-3-6-10(9)16-12/h2-7H,1H3/b7-4-. The molecule has 0 spiro atoms. The number of fused-ring (bicyclic) bond motifs is 1. The zero-order valence-corrected chi connectivity index (χ0v) is 9.62. The predicted octanol–water partition coefficient (Wildman–Crippen LogP) is 1.95. The van der Waals surface area contributed by atoms with Gasteiger partial charge in [-0.3, -0.25) is 0 Å². The van der Waals surface area contributed by atoms with Crippen LogP contribution >= 0.6 is 0 Å². The fourth-order valence-corrected chi connectivity index (χ4v) is 1.49. The number of nitrogens with zero attached hydrogens (tertiary/aromatic N) is 3. The maximum absolute atomic E-state index is 11.6. The maximum Gasteiger partial charge on any atom is 0.358 e. The molecule has 88 valence electrons. The predicted molar refractivity (Wildman–Crippen MR) is 65.5 cm³/mol. The van der Waals surface area contributed by atoms with Crippen molar-refractivity contribution in [2.75, 3.05) is 7.11 Å². The van der Waals surface area contributed by atoms with E-state index >= 15 is 0 Å². The average molecular weight is 239 g/mol. The van der Waals surface area contributed by atoms with Crippen LogP contribution in [0.15, 0.2) is 30.3 Å². The number of hydrogen-bond donors (Lipinski definition) is 0. The summed E-state index contributed by atoms with van der Waals surface area (Å²) in [5.41, 5.74) is 1.68. The summed E-state index contributed by atoms with van der Waals surface area (Å²) in [4.78, 5) is 20.1. The molecule has 0 saturated heterocycles. The summed E-state index contributed by atoms with van der Waals surface area (Å²) in [5, 5.41) is 8.53. The zero-order valence-electron chi connectivity index (χ0n) is 9.62. The molecule has 0 aliphatic heterocycles. The van der Waals surface area contributed by atoms with Gasteiger partial charge in [0.1, 0.15) is 0 Å². The summed E-state index contributed by atoms with van der Waals surface area (Å²) in [6.07, 6.45) is 2.68. The number of para-hydroxylation sites is 2. The second-order valence-electron chi connectivity index (χ2n) is 3.40. The first-order valence-corrected chi connectivity index (χ1v) is 5.17. The van der Waals surface area contributed by atoms with Crippen LogP contribution in [-0.4, -0.2) is 23.0 Å². The number of methoxy groups -OCH3 is 1.